The van der Waals surface area contributed by atoms with Crippen molar-refractivity contribution in [3.63, 3.8) is 0 Å². The number of benzene rings is 1. The zero-order valence-corrected chi connectivity index (χ0v) is 13.4. The summed E-state index contributed by atoms with van der Waals surface area (Å²) in [6.45, 7) is 0.708. The molecular weight excluding hydrogens is 312 g/mol. The SMILES string of the molecule is Fc1c(Cl)cc(NCC2CCC3(CCCCC3)O2)cc1Cl. The summed E-state index contributed by atoms with van der Waals surface area (Å²) >= 11 is 11.6. The molecule has 1 unspecified atom stereocenters. The lowest BCUT2D eigenvalue weighted by Crippen LogP contribution is -2.33. The Kier molecular flexibility index (Phi) is 4.63. The van der Waals surface area contributed by atoms with Crippen LogP contribution in [0.15, 0.2) is 12.1 Å². The van der Waals surface area contributed by atoms with E-state index in [4.69, 9.17) is 27.9 Å². The van der Waals surface area contributed by atoms with Crippen LogP contribution in [-0.4, -0.2) is 18.2 Å². The molecule has 0 bridgehead atoms. The largest absolute Gasteiger partial charge is 0.382 e. The monoisotopic (exact) mass is 331 g/mol. The molecule has 1 atom stereocenters. The number of hydrogen-bond donors (Lipinski definition) is 1. The Morgan fingerprint density at radius 1 is 1.14 bits per heavy atom. The summed E-state index contributed by atoms with van der Waals surface area (Å²) in [7, 11) is 0. The van der Waals surface area contributed by atoms with Gasteiger partial charge in [-0.2, -0.15) is 0 Å². The maximum Gasteiger partial charge on any atom is 0.160 e. The van der Waals surface area contributed by atoms with Crippen molar-refractivity contribution in [3.8, 4) is 0 Å². The number of halogens is 3. The van der Waals surface area contributed by atoms with Crippen molar-refractivity contribution in [3.05, 3.63) is 28.0 Å². The summed E-state index contributed by atoms with van der Waals surface area (Å²) in [5.41, 5.74) is 0.863. The van der Waals surface area contributed by atoms with Gasteiger partial charge < -0.3 is 10.1 Å². The molecule has 3 rings (SSSR count). The quantitative estimate of drug-likeness (QED) is 0.746. The summed E-state index contributed by atoms with van der Waals surface area (Å²) in [5, 5.41) is 3.34. The second kappa shape index (κ2) is 6.31. The van der Waals surface area contributed by atoms with Gasteiger partial charge in [0.1, 0.15) is 0 Å². The second-order valence-electron chi connectivity index (χ2n) is 6.16. The first-order valence-corrected chi connectivity index (χ1v) is 8.40. The van der Waals surface area contributed by atoms with Gasteiger partial charge in [-0.1, -0.05) is 42.5 Å². The highest BCUT2D eigenvalue weighted by molar-refractivity contribution is 6.35. The number of anilines is 1. The molecule has 0 radical (unpaired) electrons. The Hall–Kier alpha value is -0.510. The van der Waals surface area contributed by atoms with Crippen LogP contribution in [0.25, 0.3) is 0 Å². The van der Waals surface area contributed by atoms with Gasteiger partial charge in [0.05, 0.1) is 21.8 Å². The predicted octanol–water partition coefficient (Wildman–Crippen LogP) is 5.43. The first-order chi connectivity index (χ1) is 10.1. The van der Waals surface area contributed by atoms with E-state index in [1.807, 2.05) is 0 Å². The van der Waals surface area contributed by atoms with Crippen molar-refractivity contribution < 1.29 is 9.13 Å². The molecule has 1 aromatic carbocycles. The smallest absolute Gasteiger partial charge is 0.160 e. The van der Waals surface area contributed by atoms with E-state index in [0.717, 1.165) is 18.5 Å². The first-order valence-electron chi connectivity index (χ1n) is 7.64. The molecule has 21 heavy (non-hydrogen) atoms. The highest BCUT2D eigenvalue weighted by Gasteiger charge is 2.40. The second-order valence-corrected chi connectivity index (χ2v) is 6.97. The molecule has 0 amide bonds. The summed E-state index contributed by atoms with van der Waals surface area (Å²) < 4.78 is 19.7. The maximum absolute atomic E-state index is 13.4. The van der Waals surface area contributed by atoms with Gasteiger partial charge in [0.15, 0.2) is 5.82 Å². The molecule has 5 heteroatoms. The molecule has 116 valence electrons. The van der Waals surface area contributed by atoms with Crippen LogP contribution in [0.2, 0.25) is 10.0 Å². The van der Waals surface area contributed by atoms with Crippen molar-refractivity contribution in [2.24, 2.45) is 0 Å². The van der Waals surface area contributed by atoms with Crippen LogP contribution in [0.5, 0.6) is 0 Å². The van der Waals surface area contributed by atoms with Crippen LogP contribution < -0.4 is 5.32 Å². The summed E-state index contributed by atoms with van der Waals surface area (Å²) in [4.78, 5) is 0. The summed E-state index contributed by atoms with van der Waals surface area (Å²) in [5.74, 6) is -0.567. The van der Waals surface area contributed by atoms with Gasteiger partial charge in [0.25, 0.3) is 0 Å². The molecule has 1 aromatic rings. The fraction of sp³-hybridized carbons (Fsp3) is 0.625. The summed E-state index contributed by atoms with van der Waals surface area (Å²) in [6.07, 6.45) is 8.73. The fourth-order valence-corrected chi connectivity index (χ4v) is 3.98. The Morgan fingerprint density at radius 2 is 1.81 bits per heavy atom. The van der Waals surface area contributed by atoms with Gasteiger partial charge >= 0.3 is 0 Å². The third-order valence-electron chi connectivity index (χ3n) is 4.62. The predicted molar refractivity (Wildman–Crippen MR) is 84.8 cm³/mol. The molecule has 1 saturated heterocycles. The number of nitrogens with one attached hydrogen (secondary N) is 1. The van der Waals surface area contributed by atoms with Gasteiger partial charge in [-0.05, 0) is 37.8 Å². The maximum atomic E-state index is 13.4. The normalized spacial score (nSPS) is 24.4. The lowest BCUT2D eigenvalue weighted by Gasteiger charge is -2.33. The Morgan fingerprint density at radius 3 is 2.48 bits per heavy atom. The molecule has 2 nitrogen and oxygen atoms in total. The van der Waals surface area contributed by atoms with Crippen molar-refractivity contribution in [1.82, 2.24) is 0 Å². The van der Waals surface area contributed by atoms with Gasteiger partial charge in [0.2, 0.25) is 0 Å². The van der Waals surface area contributed by atoms with E-state index in [-0.39, 0.29) is 21.8 Å². The van der Waals surface area contributed by atoms with Crippen molar-refractivity contribution in [2.75, 3.05) is 11.9 Å². The zero-order chi connectivity index (χ0) is 14.9. The zero-order valence-electron chi connectivity index (χ0n) is 11.9. The van der Waals surface area contributed by atoms with E-state index in [0.29, 0.717) is 6.54 Å². The first kappa shape index (κ1) is 15.4. The molecule has 1 heterocycles. The minimum atomic E-state index is -0.567. The molecule has 1 saturated carbocycles. The minimum Gasteiger partial charge on any atom is -0.382 e. The average Bonchev–Trinajstić information content (AvgIpc) is 2.86. The van der Waals surface area contributed by atoms with Gasteiger partial charge in [0, 0.05) is 12.2 Å². The third-order valence-corrected chi connectivity index (χ3v) is 5.17. The Balaban J connectivity index is 1.56. The van der Waals surface area contributed by atoms with E-state index in [1.165, 1.54) is 32.1 Å². The Bertz CT molecular complexity index is 494. The topological polar surface area (TPSA) is 21.3 Å². The molecule has 1 aliphatic heterocycles. The van der Waals surface area contributed by atoms with Crippen molar-refractivity contribution in [1.29, 1.82) is 0 Å². The van der Waals surface area contributed by atoms with Crippen LogP contribution in [0, 0.1) is 5.82 Å². The molecule has 1 N–H and O–H groups in total. The molecule has 1 spiro atoms. The fourth-order valence-electron chi connectivity index (χ4n) is 3.49. The molecular formula is C16H20Cl2FNO. The number of ether oxygens (including phenoxy) is 1. The van der Waals surface area contributed by atoms with E-state index >= 15 is 0 Å². The molecule has 2 fully saturated rings. The number of rotatable bonds is 3. The third kappa shape index (κ3) is 3.46. The van der Waals surface area contributed by atoms with Crippen LogP contribution in [-0.2, 0) is 4.74 Å². The van der Waals surface area contributed by atoms with Crippen LogP contribution in [0.4, 0.5) is 10.1 Å². The van der Waals surface area contributed by atoms with E-state index < -0.39 is 5.82 Å². The van der Waals surface area contributed by atoms with Crippen molar-refractivity contribution in [2.45, 2.75) is 56.7 Å². The molecule has 0 aromatic heterocycles. The van der Waals surface area contributed by atoms with E-state index in [2.05, 4.69) is 5.32 Å². The summed E-state index contributed by atoms with van der Waals surface area (Å²) in [6, 6.07) is 3.13. The van der Waals surface area contributed by atoms with Crippen LogP contribution in [0.3, 0.4) is 0 Å². The van der Waals surface area contributed by atoms with Gasteiger partial charge in [-0.15, -0.1) is 0 Å². The standard InChI is InChI=1S/C16H20Cl2FNO/c17-13-8-11(9-14(18)15(13)19)20-10-12-4-7-16(21-12)5-2-1-3-6-16/h8-9,12,20H,1-7,10H2. The highest BCUT2D eigenvalue weighted by Crippen LogP contribution is 2.42. The van der Waals surface area contributed by atoms with E-state index in [1.54, 1.807) is 12.1 Å². The lowest BCUT2D eigenvalue weighted by atomic mass is 9.83. The van der Waals surface area contributed by atoms with Crippen molar-refractivity contribution >= 4 is 28.9 Å². The average molecular weight is 332 g/mol. The van der Waals surface area contributed by atoms with Crippen LogP contribution in [0.1, 0.15) is 44.9 Å². The minimum absolute atomic E-state index is 0.0427. The van der Waals surface area contributed by atoms with E-state index in [9.17, 15) is 4.39 Å². The highest BCUT2D eigenvalue weighted by atomic mass is 35.5. The lowest BCUT2D eigenvalue weighted by molar-refractivity contribution is -0.0588. The van der Waals surface area contributed by atoms with Gasteiger partial charge in [-0.3, -0.25) is 0 Å². The van der Waals surface area contributed by atoms with Crippen LogP contribution >= 0.6 is 23.2 Å². The van der Waals surface area contributed by atoms with Gasteiger partial charge in [-0.25, -0.2) is 4.39 Å². The molecule has 1 aliphatic carbocycles. The Labute approximate surface area is 135 Å². The number of hydrogen-bond acceptors (Lipinski definition) is 2. The molecule has 2 aliphatic rings.